The van der Waals surface area contributed by atoms with Crippen molar-refractivity contribution in [1.29, 1.82) is 0 Å². The third-order valence-electron chi connectivity index (χ3n) is 9.57. The molecule has 0 aromatic heterocycles. The van der Waals surface area contributed by atoms with Gasteiger partial charge in [0.05, 0.1) is 10.8 Å². The molecule has 224 valence electrons. The predicted octanol–water partition coefficient (Wildman–Crippen LogP) is 12.1. The normalized spacial score (nSPS) is 16.2. The fourth-order valence-electron chi connectivity index (χ4n) is 7.05. The minimum absolute atomic E-state index is 0.388. The summed E-state index contributed by atoms with van der Waals surface area (Å²) >= 11 is 0. The molecule has 1 aliphatic rings. The Bertz CT molecular complexity index is 492. The predicted molar refractivity (Wildman–Crippen MR) is 167 cm³/mol. The second kappa shape index (κ2) is 22.1. The van der Waals surface area contributed by atoms with Crippen molar-refractivity contribution in [1.82, 2.24) is 0 Å². The Kier molecular flexibility index (Phi) is 20.5. The Morgan fingerprint density at radius 1 is 0.316 bits per heavy atom. The molecule has 1 rings (SSSR count). The summed E-state index contributed by atoms with van der Waals surface area (Å²) in [6.07, 6.45) is 32.8. The van der Waals surface area contributed by atoms with Gasteiger partial charge in [0.15, 0.2) is 11.6 Å². The van der Waals surface area contributed by atoms with Crippen LogP contribution in [0.5, 0.6) is 0 Å². The number of unbranched alkanes of at least 4 members (excludes halogenated alkanes) is 20. The van der Waals surface area contributed by atoms with E-state index in [2.05, 4.69) is 27.7 Å². The van der Waals surface area contributed by atoms with Crippen LogP contribution in [0, 0.1) is 10.8 Å². The van der Waals surface area contributed by atoms with Gasteiger partial charge in [-0.2, -0.15) is 0 Å². The molecular formula is C36H68O2. The first-order chi connectivity index (χ1) is 18.6. The van der Waals surface area contributed by atoms with Crippen molar-refractivity contribution in [2.45, 2.75) is 207 Å². The van der Waals surface area contributed by atoms with Gasteiger partial charge in [-0.25, -0.2) is 0 Å². The molecule has 0 aromatic carbocycles. The molecule has 0 atom stereocenters. The average Bonchev–Trinajstić information content (AvgIpc) is 2.93. The average molecular weight is 533 g/mol. The number of hydrogen-bond donors (Lipinski definition) is 0. The number of ketones is 2. The maximum Gasteiger partial charge on any atom is 0.159 e. The van der Waals surface area contributed by atoms with E-state index in [1.807, 2.05) is 0 Å². The molecule has 38 heavy (non-hydrogen) atoms. The lowest BCUT2D eigenvalue weighted by Crippen LogP contribution is -2.66. The van der Waals surface area contributed by atoms with Crippen molar-refractivity contribution in [3.05, 3.63) is 0 Å². The zero-order valence-corrected chi connectivity index (χ0v) is 26.6. The van der Waals surface area contributed by atoms with Crippen molar-refractivity contribution >= 4 is 11.6 Å². The van der Waals surface area contributed by atoms with E-state index < -0.39 is 10.8 Å². The summed E-state index contributed by atoms with van der Waals surface area (Å²) in [6, 6.07) is 0. The fraction of sp³-hybridized carbons (Fsp3) is 0.944. The Labute approximate surface area is 239 Å². The molecule has 0 spiro atoms. The number of Topliss-reactive ketones (excluding diaryl/α,β-unsaturated/α-hetero) is 2. The second-order valence-electron chi connectivity index (χ2n) is 12.9. The van der Waals surface area contributed by atoms with Crippen LogP contribution in [-0.2, 0) is 9.59 Å². The molecule has 0 unspecified atom stereocenters. The highest BCUT2D eigenvalue weighted by atomic mass is 16.2. The standard InChI is InChI=1S/C36H68O2/c1-5-9-13-17-21-25-29-35(30-26-22-18-14-10-6-2)33(37)36(34(35)38,31-27-23-19-15-11-7-3)32-28-24-20-16-12-8-4/h5-32H2,1-4H3. The van der Waals surface area contributed by atoms with Gasteiger partial charge in [0.2, 0.25) is 0 Å². The number of hydrogen-bond acceptors (Lipinski definition) is 2. The summed E-state index contributed by atoms with van der Waals surface area (Å²) in [5.74, 6) is 0.776. The van der Waals surface area contributed by atoms with Crippen LogP contribution in [0.25, 0.3) is 0 Å². The summed E-state index contributed by atoms with van der Waals surface area (Å²) in [7, 11) is 0. The van der Waals surface area contributed by atoms with Crippen molar-refractivity contribution in [2.75, 3.05) is 0 Å². The molecule has 1 saturated carbocycles. The molecule has 1 aliphatic carbocycles. The monoisotopic (exact) mass is 533 g/mol. The first-order valence-electron chi connectivity index (χ1n) is 17.7. The quantitative estimate of drug-likeness (QED) is 0.0741. The van der Waals surface area contributed by atoms with Crippen LogP contribution in [0.15, 0.2) is 0 Å². The van der Waals surface area contributed by atoms with Crippen LogP contribution in [0.2, 0.25) is 0 Å². The molecule has 2 heteroatoms. The first-order valence-corrected chi connectivity index (χ1v) is 17.7. The lowest BCUT2D eigenvalue weighted by Gasteiger charge is -2.53. The summed E-state index contributed by atoms with van der Waals surface area (Å²) in [5, 5.41) is 0. The van der Waals surface area contributed by atoms with Crippen LogP contribution < -0.4 is 0 Å². The van der Waals surface area contributed by atoms with E-state index in [0.717, 1.165) is 51.4 Å². The van der Waals surface area contributed by atoms with Crippen molar-refractivity contribution in [3.63, 3.8) is 0 Å². The maximum atomic E-state index is 14.3. The third kappa shape index (κ3) is 11.8. The summed E-state index contributed by atoms with van der Waals surface area (Å²) < 4.78 is 0. The fourth-order valence-corrected chi connectivity index (χ4v) is 7.05. The maximum absolute atomic E-state index is 14.3. The molecule has 0 aliphatic heterocycles. The highest BCUT2D eigenvalue weighted by Crippen LogP contribution is 2.57. The highest BCUT2D eigenvalue weighted by Gasteiger charge is 2.68. The lowest BCUT2D eigenvalue weighted by atomic mass is 9.45. The Morgan fingerprint density at radius 3 is 0.711 bits per heavy atom. The SMILES string of the molecule is CCCCCCCCC1(CCCCCCCC)C(=O)C(CCCCCCCC)(CCCCCCCC)C1=O. The molecule has 0 N–H and O–H groups in total. The van der Waals surface area contributed by atoms with Crippen LogP contribution in [-0.4, -0.2) is 11.6 Å². The topological polar surface area (TPSA) is 34.1 Å². The van der Waals surface area contributed by atoms with Gasteiger partial charge in [-0.3, -0.25) is 9.59 Å². The molecule has 2 nitrogen and oxygen atoms in total. The van der Waals surface area contributed by atoms with Crippen LogP contribution >= 0.6 is 0 Å². The van der Waals surface area contributed by atoms with Gasteiger partial charge >= 0.3 is 0 Å². The Hall–Kier alpha value is -0.660. The summed E-state index contributed by atoms with van der Waals surface area (Å²) in [5.41, 5.74) is -1.25. The zero-order chi connectivity index (χ0) is 28.0. The molecule has 0 amide bonds. The molecule has 0 radical (unpaired) electrons. The third-order valence-corrected chi connectivity index (χ3v) is 9.57. The van der Waals surface area contributed by atoms with Crippen LogP contribution in [0.1, 0.15) is 207 Å². The summed E-state index contributed by atoms with van der Waals surface area (Å²) in [4.78, 5) is 28.5. The van der Waals surface area contributed by atoms with E-state index in [9.17, 15) is 9.59 Å². The van der Waals surface area contributed by atoms with E-state index in [1.54, 1.807) is 0 Å². The van der Waals surface area contributed by atoms with Crippen LogP contribution in [0.3, 0.4) is 0 Å². The van der Waals surface area contributed by atoms with Crippen LogP contribution in [0.4, 0.5) is 0 Å². The number of carbonyl (C=O) groups excluding carboxylic acids is 2. The minimum atomic E-state index is -0.625. The zero-order valence-electron chi connectivity index (χ0n) is 26.6. The lowest BCUT2D eigenvalue weighted by molar-refractivity contribution is -0.175. The highest BCUT2D eigenvalue weighted by molar-refractivity contribution is 6.30. The van der Waals surface area contributed by atoms with E-state index in [0.29, 0.717) is 11.6 Å². The van der Waals surface area contributed by atoms with E-state index in [4.69, 9.17) is 0 Å². The largest absolute Gasteiger partial charge is 0.297 e. The first kappa shape index (κ1) is 35.4. The Morgan fingerprint density at radius 2 is 0.500 bits per heavy atom. The van der Waals surface area contributed by atoms with Crippen molar-refractivity contribution in [2.24, 2.45) is 10.8 Å². The second-order valence-corrected chi connectivity index (χ2v) is 12.9. The number of carbonyl (C=O) groups is 2. The molecular weight excluding hydrogens is 464 g/mol. The van der Waals surface area contributed by atoms with Gasteiger partial charge in [-0.05, 0) is 25.7 Å². The van der Waals surface area contributed by atoms with Gasteiger partial charge in [0, 0.05) is 0 Å². The minimum Gasteiger partial charge on any atom is -0.297 e. The number of rotatable bonds is 28. The molecule has 0 saturated heterocycles. The van der Waals surface area contributed by atoms with E-state index >= 15 is 0 Å². The van der Waals surface area contributed by atoms with Gasteiger partial charge in [-0.15, -0.1) is 0 Å². The van der Waals surface area contributed by atoms with Gasteiger partial charge in [-0.1, -0.05) is 182 Å². The smallest absolute Gasteiger partial charge is 0.159 e. The Balaban J connectivity index is 2.84. The van der Waals surface area contributed by atoms with E-state index in [-0.39, 0.29) is 0 Å². The molecule has 0 aromatic rings. The molecule has 0 bridgehead atoms. The van der Waals surface area contributed by atoms with Gasteiger partial charge < -0.3 is 0 Å². The van der Waals surface area contributed by atoms with Crippen molar-refractivity contribution < 1.29 is 9.59 Å². The van der Waals surface area contributed by atoms with Gasteiger partial charge in [0.1, 0.15) is 0 Å². The molecule has 1 fully saturated rings. The van der Waals surface area contributed by atoms with Gasteiger partial charge in [0.25, 0.3) is 0 Å². The van der Waals surface area contributed by atoms with Crippen molar-refractivity contribution in [3.8, 4) is 0 Å². The summed E-state index contributed by atoms with van der Waals surface area (Å²) in [6.45, 7) is 9.03. The molecule has 0 heterocycles. The van der Waals surface area contributed by atoms with E-state index in [1.165, 1.54) is 128 Å².